The fourth-order valence-corrected chi connectivity index (χ4v) is 2.07. The molecule has 0 atom stereocenters. The van der Waals surface area contributed by atoms with Crippen molar-refractivity contribution in [2.24, 2.45) is 0 Å². The molecule has 3 aromatic rings. The molecule has 1 heterocycles. The fraction of sp³-hybridized carbons (Fsp3) is 0.0625. The fourth-order valence-electron chi connectivity index (χ4n) is 2.07. The minimum absolute atomic E-state index is 0.111. The number of imidazole rings is 1. The van der Waals surface area contributed by atoms with Crippen molar-refractivity contribution in [2.45, 2.75) is 0 Å². The van der Waals surface area contributed by atoms with E-state index in [4.69, 9.17) is 0 Å². The van der Waals surface area contributed by atoms with Gasteiger partial charge in [0.1, 0.15) is 6.33 Å². The average Bonchev–Trinajstić information content (AvgIpc) is 2.97. The van der Waals surface area contributed by atoms with E-state index in [9.17, 15) is 9.59 Å². The van der Waals surface area contributed by atoms with Gasteiger partial charge < -0.3 is 5.32 Å². The Labute approximate surface area is 126 Å². The van der Waals surface area contributed by atoms with E-state index in [0.717, 1.165) is 11.0 Å². The van der Waals surface area contributed by atoms with Crippen molar-refractivity contribution in [3.8, 4) is 0 Å². The summed E-state index contributed by atoms with van der Waals surface area (Å²) in [6.07, 6.45) is 1.53. The zero-order chi connectivity index (χ0) is 15.4. The molecule has 0 bridgehead atoms. The second kappa shape index (κ2) is 6.09. The Morgan fingerprint density at radius 3 is 2.55 bits per heavy atom. The summed E-state index contributed by atoms with van der Waals surface area (Å²) in [5, 5.41) is 2.57. The largest absolute Gasteiger partial charge is 0.343 e. The van der Waals surface area contributed by atoms with Crippen molar-refractivity contribution in [1.82, 2.24) is 15.0 Å². The van der Waals surface area contributed by atoms with Crippen LogP contribution in [-0.4, -0.2) is 28.0 Å². The molecule has 0 aliphatic heterocycles. The van der Waals surface area contributed by atoms with Gasteiger partial charge in [-0.15, -0.1) is 0 Å². The van der Waals surface area contributed by atoms with Crippen molar-refractivity contribution < 1.29 is 9.59 Å². The molecule has 0 saturated heterocycles. The van der Waals surface area contributed by atoms with E-state index in [-0.39, 0.29) is 18.4 Å². The van der Waals surface area contributed by atoms with E-state index in [1.807, 2.05) is 30.3 Å². The number of amides is 2. The molecule has 0 radical (unpaired) electrons. The van der Waals surface area contributed by atoms with Crippen molar-refractivity contribution >= 4 is 22.8 Å². The summed E-state index contributed by atoms with van der Waals surface area (Å²) in [5.41, 5.74) is 4.77. The molecule has 22 heavy (non-hydrogen) atoms. The first-order valence-electron chi connectivity index (χ1n) is 6.79. The van der Waals surface area contributed by atoms with E-state index in [1.165, 1.54) is 11.0 Å². The number of hydrogen-bond donors (Lipinski definition) is 2. The van der Waals surface area contributed by atoms with Gasteiger partial charge in [0.2, 0.25) is 0 Å². The van der Waals surface area contributed by atoms with Crippen molar-refractivity contribution in [2.75, 3.05) is 12.0 Å². The van der Waals surface area contributed by atoms with Crippen LogP contribution in [-0.2, 0) is 4.79 Å². The number of para-hydroxylation sites is 2. The van der Waals surface area contributed by atoms with Gasteiger partial charge in [-0.2, -0.15) is 0 Å². The van der Waals surface area contributed by atoms with Crippen LogP contribution in [0.4, 0.5) is 0 Å². The standard InChI is InChI=1S/C16H14N4O2/c21-15(10-17-16(22)12-6-2-1-3-7-12)19-20-11-18-13-8-4-5-9-14(13)20/h1-9,11H,10H2,(H,17,22)(H,19,21). The minimum atomic E-state index is -0.326. The van der Waals surface area contributed by atoms with Crippen LogP contribution in [0.2, 0.25) is 0 Å². The molecule has 6 heteroatoms. The Morgan fingerprint density at radius 1 is 1.00 bits per heavy atom. The maximum atomic E-state index is 11.9. The predicted molar refractivity (Wildman–Crippen MR) is 82.9 cm³/mol. The molecule has 2 amide bonds. The van der Waals surface area contributed by atoms with Crippen molar-refractivity contribution in [1.29, 1.82) is 0 Å². The number of hydrogen-bond acceptors (Lipinski definition) is 3. The lowest BCUT2D eigenvalue weighted by molar-refractivity contribution is -0.116. The highest BCUT2D eigenvalue weighted by molar-refractivity contribution is 5.97. The quantitative estimate of drug-likeness (QED) is 0.766. The molecular weight excluding hydrogens is 280 g/mol. The summed E-state index contributed by atoms with van der Waals surface area (Å²) in [7, 11) is 0. The summed E-state index contributed by atoms with van der Waals surface area (Å²) < 4.78 is 1.53. The third-order valence-electron chi connectivity index (χ3n) is 3.14. The molecule has 0 fully saturated rings. The Hall–Kier alpha value is -3.15. The molecule has 0 saturated carbocycles. The van der Waals surface area contributed by atoms with Crippen LogP contribution in [0.5, 0.6) is 0 Å². The second-order valence-electron chi connectivity index (χ2n) is 4.69. The molecule has 0 aliphatic carbocycles. The maximum Gasteiger partial charge on any atom is 0.258 e. The number of fused-ring (bicyclic) bond motifs is 1. The van der Waals surface area contributed by atoms with Gasteiger partial charge in [-0.3, -0.25) is 15.0 Å². The number of carbonyl (C=O) groups excluding carboxylic acids is 2. The normalized spacial score (nSPS) is 10.4. The number of nitrogens with zero attached hydrogens (tertiary/aromatic N) is 2. The highest BCUT2D eigenvalue weighted by atomic mass is 16.2. The first kappa shape index (κ1) is 13.8. The van der Waals surface area contributed by atoms with Gasteiger partial charge >= 0.3 is 0 Å². The molecule has 110 valence electrons. The SMILES string of the molecule is O=C(CNC(=O)c1ccccc1)Nn1cnc2ccccc21. The van der Waals surface area contributed by atoms with E-state index in [0.29, 0.717) is 5.56 Å². The Bertz CT molecular complexity index is 811. The van der Waals surface area contributed by atoms with Gasteiger partial charge in [-0.1, -0.05) is 30.3 Å². The zero-order valence-corrected chi connectivity index (χ0v) is 11.7. The molecule has 0 unspecified atom stereocenters. The third-order valence-corrected chi connectivity index (χ3v) is 3.14. The summed E-state index contributed by atoms with van der Waals surface area (Å²) in [6.45, 7) is -0.111. The van der Waals surface area contributed by atoms with Crippen molar-refractivity contribution in [3.63, 3.8) is 0 Å². The first-order chi connectivity index (χ1) is 10.7. The van der Waals surface area contributed by atoms with Gasteiger partial charge in [0, 0.05) is 5.56 Å². The molecule has 0 spiro atoms. The van der Waals surface area contributed by atoms with Gasteiger partial charge in [0.15, 0.2) is 0 Å². The minimum Gasteiger partial charge on any atom is -0.343 e. The lowest BCUT2D eigenvalue weighted by Crippen LogP contribution is -2.35. The molecule has 2 N–H and O–H groups in total. The number of benzene rings is 2. The smallest absolute Gasteiger partial charge is 0.258 e. The molecule has 3 rings (SSSR count). The number of rotatable bonds is 4. The molecule has 1 aromatic heterocycles. The van der Waals surface area contributed by atoms with Crippen LogP contribution in [0.25, 0.3) is 11.0 Å². The van der Waals surface area contributed by atoms with Crippen LogP contribution in [0.15, 0.2) is 60.9 Å². The molecule has 6 nitrogen and oxygen atoms in total. The molecular formula is C16H14N4O2. The second-order valence-corrected chi connectivity index (χ2v) is 4.69. The topological polar surface area (TPSA) is 76.0 Å². The Balaban J connectivity index is 1.60. The van der Waals surface area contributed by atoms with Crippen LogP contribution in [0.1, 0.15) is 10.4 Å². The number of carbonyl (C=O) groups is 2. The van der Waals surface area contributed by atoms with E-state index in [2.05, 4.69) is 15.7 Å². The lowest BCUT2D eigenvalue weighted by atomic mass is 10.2. The highest BCUT2D eigenvalue weighted by Gasteiger charge is 2.09. The first-order valence-corrected chi connectivity index (χ1v) is 6.79. The van der Waals surface area contributed by atoms with Gasteiger partial charge in [-0.25, -0.2) is 9.66 Å². The van der Waals surface area contributed by atoms with E-state index >= 15 is 0 Å². The maximum absolute atomic E-state index is 11.9. The lowest BCUT2D eigenvalue weighted by Gasteiger charge is -2.08. The van der Waals surface area contributed by atoms with Gasteiger partial charge in [-0.05, 0) is 24.3 Å². The monoisotopic (exact) mass is 294 g/mol. The molecule has 2 aromatic carbocycles. The molecule has 0 aliphatic rings. The number of aromatic nitrogens is 2. The van der Waals surface area contributed by atoms with Crippen LogP contribution < -0.4 is 10.7 Å². The van der Waals surface area contributed by atoms with Gasteiger partial charge in [0.05, 0.1) is 17.6 Å². The van der Waals surface area contributed by atoms with Crippen LogP contribution in [0, 0.1) is 0 Å². The van der Waals surface area contributed by atoms with E-state index in [1.54, 1.807) is 24.3 Å². The Morgan fingerprint density at radius 2 is 1.73 bits per heavy atom. The van der Waals surface area contributed by atoms with Crippen LogP contribution in [0.3, 0.4) is 0 Å². The summed E-state index contributed by atoms with van der Waals surface area (Å²) in [5.74, 6) is -0.612. The average molecular weight is 294 g/mol. The van der Waals surface area contributed by atoms with Gasteiger partial charge in [0.25, 0.3) is 11.8 Å². The summed E-state index contributed by atoms with van der Waals surface area (Å²) in [6, 6.07) is 16.2. The summed E-state index contributed by atoms with van der Waals surface area (Å²) >= 11 is 0. The number of nitrogens with one attached hydrogen (secondary N) is 2. The highest BCUT2D eigenvalue weighted by Crippen LogP contribution is 2.09. The summed E-state index contributed by atoms with van der Waals surface area (Å²) in [4.78, 5) is 27.9. The van der Waals surface area contributed by atoms with Crippen molar-refractivity contribution in [3.05, 3.63) is 66.5 Å². The van der Waals surface area contributed by atoms with E-state index < -0.39 is 0 Å². The van der Waals surface area contributed by atoms with Crippen LogP contribution >= 0.6 is 0 Å². The third kappa shape index (κ3) is 2.95. The zero-order valence-electron chi connectivity index (χ0n) is 11.7. The predicted octanol–water partition coefficient (Wildman–Crippen LogP) is 1.54. The Kier molecular flexibility index (Phi) is 3.82.